The van der Waals surface area contributed by atoms with Gasteiger partial charge in [-0.2, -0.15) is 5.10 Å². The van der Waals surface area contributed by atoms with Gasteiger partial charge in [-0.3, -0.25) is 4.79 Å². The Balaban J connectivity index is 1.39. The third-order valence-electron chi connectivity index (χ3n) is 4.53. The van der Waals surface area contributed by atoms with Crippen molar-refractivity contribution in [2.75, 3.05) is 12.4 Å². The average Bonchev–Trinajstić information content (AvgIpc) is 3.28. The summed E-state index contributed by atoms with van der Waals surface area (Å²) in [5.41, 5.74) is 6.57. The number of amides is 1. The smallest absolute Gasteiger partial charge is 0.271 e. The van der Waals surface area contributed by atoms with Crippen LogP contribution >= 0.6 is 27.3 Å². The predicted octanol–water partition coefficient (Wildman–Crippen LogP) is 6.09. The van der Waals surface area contributed by atoms with Crippen LogP contribution in [0.1, 0.15) is 15.9 Å². The molecule has 4 aromatic rings. The molecule has 0 aliphatic heterocycles. The maximum absolute atomic E-state index is 12.4. The van der Waals surface area contributed by atoms with Gasteiger partial charge in [-0.25, -0.2) is 10.4 Å². The molecular formula is C24H19BrN4O2S. The van der Waals surface area contributed by atoms with Gasteiger partial charge in [-0.1, -0.05) is 46.3 Å². The molecule has 1 aromatic heterocycles. The fourth-order valence-corrected chi connectivity index (χ4v) is 4.05. The van der Waals surface area contributed by atoms with Crippen molar-refractivity contribution in [3.8, 4) is 17.0 Å². The van der Waals surface area contributed by atoms with Crippen molar-refractivity contribution in [1.82, 2.24) is 10.4 Å². The minimum Gasteiger partial charge on any atom is -0.496 e. The molecule has 6 nitrogen and oxygen atoms in total. The van der Waals surface area contributed by atoms with Gasteiger partial charge >= 0.3 is 0 Å². The van der Waals surface area contributed by atoms with Gasteiger partial charge in [0.1, 0.15) is 5.75 Å². The summed E-state index contributed by atoms with van der Waals surface area (Å²) in [7, 11) is 1.59. The Labute approximate surface area is 198 Å². The number of hydrogen-bond donors (Lipinski definition) is 2. The van der Waals surface area contributed by atoms with Crippen molar-refractivity contribution in [1.29, 1.82) is 0 Å². The zero-order chi connectivity index (χ0) is 22.3. The van der Waals surface area contributed by atoms with Gasteiger partial charge in [-0.05, 0) is 42.5 Å². The molecule has 0 aliphatic rings. The summed E-state index contributed by atoms with van der Waals surface area (Å²) in [6.07, 6.45) is 1.55. The van der Waals surface area contributed by atoms with E-state index in [2.05, 4.69) is 36.8 Å². The lowest BCUT2D eigenvalue weighted by atomic mass is 10.1. The highest BCUT2D eigenvalue weighted by molar-refractivity contribution is 9.10. The number of nitrogens with one attached hydrogen (secondary N) is 2. The standard InChI is InChI=1S/C24H19BrN4O2S/c1-31-22-12-11-19(25)13-18(22)14-26-29-23(30)17-9-7-16(8-10-17)21-15-32-24(28-21)27-20-5-3-2-4-6-20/h2-15H,1H3,(H,27,28)(H,29,30)/b26-14-. The molecule has 0 spiro atoms. The van der Waals surface area contributed by atoms with E-state index in [1.54, 1.807) is 25.5 Å². The van der Waals surface area contributed by atoms with E-state index >= 15 is 0 Å². The number of rotatable bonds is 7. The van der Waals surface area contributed by atoms with Crippen LogP contribution in [0.4, 0.5) is 10.8 Å². The minimum atomic E-state index is -0.300. The molecular weight excluding hydrogens is 488 g/mol. The summed E-state index contributed by atoms with van der Waals surface area (Å²) in [6, 6.07) is 22.7. The molecule has 3 aromatic carbocycles. The van der Waals surface area contributed by atoms with Crippen LogP contribution in [0.25, 0.3) is 11.3 Å². The molecule has 32 heavy (non-hydrogen) atoms. The third-order valence-corrected chi connectivity index (χ3v) is 5.78. The largest absolute Gasteiger partial charge is 0.496 e. The van der Waals surface area contributed by atoms with Crippen LogP contribution in [0.5, 0.6) is 5.75 Å². The van der Waals surface area contributed by atoms with Gasteiger partial charge in [0.05, 0.1) is 19.0 Å². The van der Waals surface area contributed by atoms with E-state index < -0.39 is 0 Å². The van der Waals surface area contributed by atoms with Crippen molar-refractivity contribution >= 4 is 50.2 Å². The van der Waals surface area contributed by atoms with Crippen molar-refractivity contribution in [2.45, 2.75) is 0 Å². The fourth-order valence-electron chi connectivity index (χ4n) is 2.93. The average molecular weight is 507 g/mol. The lowest BCUT2D eigenvalue weighted by Gasteiger charge is -2.05. The Morgan fingerprint density at radius 3 is 2.62 bits per heavy atom. The maximum Gasteiger partial charge on any atom is 0.271 e. The maximum atomic E-state index is 12.4. The Kier molecular flexibility index (Phi) is 6.94. The van der Waals surface area contributed by atoms with Gasteiger partial charge in [0.15, 0.2) is 5.13 Å². The van der Waals surface area contributed by atoms with Crippen LogP contribution in [0.2, 0.25) is 0 Å². The summed E-state index contributed by atoms with van der Waals surface area (Å²) < 4.78 is 6.19. The number of carbonyl (C=O) groups is 1. The number of benzene rings is 3. The first-order valence-electron chi connectivity index (χ1n) is 9.67. The monoisotopic (exact) mass is 506 g/mol. The van der Waals surface area contributed by atoms with Gasteiger partial charge in [0.25, 0.3) is 5.91 Å². The van der Waals surface area contributed by atoms with Crippen LogP contribution in [0.15, 0.2) is 87.8 Å². The number of hydrogen-bond acceptors (Lipinski definition) is 6. The second-order valence-corrected chi connectivity index (χ2v) is 8.47. The molecule has 0 saturated heterocycles. The summed E-state index contributed by atoms with van der Waals surface area (Å²) in [4.78, 5) is 17.0. The van der Waals surface area contributed by atoms with Crippen LogP contribution in [-0.2, 0) is 0 Å². The molecule has 0 aliphatic carbocycles. The number of carbonyl (C=O) groups excluding carboxylic acids is 1. The summed E-state index contributed by atoms with van der Waals surface area (Å²) in [5, 5.41) is 10.1. The molecule has 1 heterocycles. The number of halogens is 1. The first kappa shape index (κ1) is 21.7. The van der Waals surface area contributed by atoms with E-state index in [1.807, 2.05) is 66.0 Å². The third kappa shape index (κ3) is 5.40. The van der Waals surface area contributed by atoms with Crippen molar-refractivity contribution in [3.05, 3.63) is 93.8 Å². The lowest BCUT2D eigenvalue weighted by Crippen LogP contribution is -2.17. The zero-order valence-corrected chi connectivity index (χ0v) is 19.5. The highest BCUT2D eigenvalue weighted by Crippen LogP contribution is 2.27. The summed E-state index contributed by atoms with van der Waals surface area (Å²) >= 11 is 4.94. The first-order valence-corrected chi connectivity index (χ1v) is 11.3. The van der Waals surface area contributed by atoms with E-state index in [-0.39, 0.29) is 5.91 Å². The molecule has 0 unspecified atom stereocenters. The Morgan fingerprint density at radius 1 is 1.09 bits per heavy atom. The van der Waals surface area contributed by atoms with E-state index in [4.69, 9.17) is 4.74 Å². The topological polar surface area (TPSA) is 75.6 Å². The van der Waals surface area contributed by atoms with Gasteiger partial charge in [-0.15, -0.1) is 11.3 Å². The van der Waals surface area contributed by atoms with Crippen molar-refractivity contribution in [2.24, 2.45) is 5.10 Å². The molecule has 0 atom stereocenters. The van der Waals surface area contributed by atoms with Crippen molar-refractivity contribution in [3.63, 3.8) is 0 Å². The number of para-hydroxylation sites is 1. The Hall–Kier alpha value is -3.49. The number of thiazole rings is 1. The molecule has 0 radical (unpaired) electrons. The molecule has 160 valence electrons. The second-order valence-electron chi connectivity index (χ2n) is 6.69. The van der Waals surface area contributed by atoms with Crippen LogP contribution < -0.4 is 15.5 Å². The molecule has 0 fully saturated rings. The van der Waals surface area contributed by atoms with Crippen molar-refractivity contribution < 1.29 is 9.53 Å². The highest BCUT2D eigenvalue weighted by atomic mass is 79.9. The fraction of sp³-hybridized carbons (Fsp3) is 0.0417. The highest BCUT2D eigenvalue weighted by Gasteiger charge is 2.08. The van der Waals surface area contributed by atoms with Crippen LogP contribution in [-0.4, -0.2) is 24.2 Å². The number of ether oxygens (including phenoxy) is 1. The Bertz CT molecular complexity index is 1240. The van der Waals surface area contributed by atoms with Gasteiger partial charge in [0, 0.05) is 32.2 Å². The first-order chi connectivity index (χ1) is 15.6. The number of nitrogens with zero attached hydrogens (tertiary/aromatic N) is 2. The van der Waals surface area contributed by atoms with Crippen LogP contribution in [0, 0.1) is 0 Å². The lowest BCUT2D eigenvalue weighted by molar-refractivity contribution is 0.0955. The quantitative estimate of drug-likeness (QED) is 0.235. The molecule has 2 N–H and O–H groups in total. The normalized spacial score (nSPS) is 10.8. The predicted molar refractivity (Wildman–Crippen MR) is 133 cm³/mol. The zero-order valence-electron chi connectivity index (χ0n) is 17.1. The molecule has 8 heteroatoms. The SMILES string of the molecule is COc1ccc(Br)cc1/C=N\NC(=O)c1ccc(-c2csc(Nc3ccccc3)n2)cc1. The van der Waals surface area contributed by atoms with E-state index in [0.717, 1.165) is 32.1 Å². The molecule has 1 amide bonds. The number of anilines is 2. The molecule has 4 rings (SSSR count). The number of aromatic nitrogens is 1. The number of hydrazone groups is 1. The summed E-state index contributed by atoms with van der Waals surface area (Å²) in [6.45, 7) is 0. The van der Waals surface area contributed by atoms with E-state index in [1.165, 1.54) is 11.3 Å². The number of methoxy groups -OCH3 is 1. The van der Waals surface area contributed by atoms with E-state index in [0.29, 0.717) is 11.3 Å². The summed E-state index contributed by atoms with van der Waals surface area (Å²) in [5.74, 6) is 0.367. The Morgan fingerprint density at radius 2 is 1.88 bits per heavy atom. The van der Waals surface area contributed by atoms with Gasteiger partial charge in [0.2, 0.25) is 0 Å². The van der Waals surface area contributed by atoms with Gasteiger partial charge < -0.3 is 10.1 Å². The minimum absolute atomic E-state index is 0.300. The molecule has 0 saturated carbocycles. The van der Waals surface area contributed by atoms with Crippen LogP contribution in [0.3, 0.4) is 0 Å². The van der Waals surface area contributed by atoms with E-state index in [9.17, 15) is 4.79 Å². The second kappa shape index (κ2) is 10.2. The molecule has 0 bridgehead atoms.